The van der Waals surface area contributed by atoms with Crippen molar-refractivity contribution in [2.75, 3.05) is 17.8 Å². The summed E-state index contributed by atoms with van der Waals surface area (Å²) < 4.78 is 0. The molecule has 0 bridgehead atoms. The van der Waals surface area contributed by atoms with Gasteiger partial charge in [-0.15, -0.1) is 0 Å². The fraction of sp³-hybridized carbons (Fsp3) is 1.00. The number of hydrogen-bond donors (Lipinski definition) is 2. The second-order valence-electron chi connectivity index (χ2n) is 1.29. The molecule has 8 heavy (non-hydrogen) atoms. The minimum Gasteiger partial charge on any atom is -0.178 e. The SMILES string of the molecule is CSSCC(S)CS. The van der Waals surface area contributed by atoms with Crippen LogP contribution in [0.1, 0.15) is 0 Å². The standard InChI is InChI=1S/C4H10S4/c1-7-8-3-4(6)2-5/h4-6H,2-3H2,1H3. The van der Waals surface area contributed by atoms with Crippen LogP contribution >= 0.6 is 46.8 Å². The van der Waals surface area contributed by atoms with Gasteiger partial charge in [0.2, 0.25) is 0 Å². The molecule has 0 aliphatic heterocycles. The second kappa shape index (κ2) is 6.52. The Morgan fingerprint density at radius 2 is 2.25 bits per heavy atom. The molecule has 0 amide bonds. The summed E-state index contributed by atoms with van der Waals surface area (Å²) >= 11 is 8.34. The first-order chi connectivity index (χ1) is 3.81. The lowest BCUT2D eigenvalue weighted by Crippen LogP contribution is -2.01. The van der Waals surface area contributed by atoms with Gasteiger partial charge in [-0.3, -0.25) is 0 Å². The third kappa shape index (κ3) is 5.54. The Morgan fingerprint density at radius 1 is 1.62 bits per heavy atom. The summed E-state index contributed by atoms with van der Waals surface area (Å²) in [5.74, 6) is 1.96. The molecule has 0 saturated heterocycles. The first kappa shape index (κ1) is 9.40. The normalized spacial score (nSPS) is 13.9. The van der Waals surface area contributed by atoms with E-state index in [4.69, 9.17) is 0 Å². The van der Waals surface area contributed by atoms with Crippen LogP contribution in [0.2, 0.25) is 0 Å². The van der Waals surface area contributed by atoms with E-state index in [-0.39, 0.29) is 0 Å². The van der Waals surface area contributed by atoms with Gasteiger partial charge in [0.15, 0.2) is 0 Å². The van der Waals surface area contributed by atoms with Crippen molar-refractivity contribution in [1.82, 2.24) is 0 Å². The molecule has 4 heteroatoms. The molecule has 0 rings (SSSR count). The van der Waals surface area contributed by atoms with Crippen molar-refractivity contribution < 1.29 is 0 Å². The highest BCUT2D eigenvalue weighted by atomic mass is 33.1. The Hall–Kier alpha value is 1.40. The largest absolute Gasteiger partial charge is 0.178 e. The van der Waals surface area contributed by atoms with Crippen LogP contribution in [0.3, 0.4) is 0 Å². The molecule has 0 fully saturated rings. The Balaban J connectivity index is 2.86. The smallest absolute Gasteiger partial charge is 0.0204 e. The average molecular weight is 186 g/mol. The van der Waals surface area contributed by atoms with E-state index in [9.17, 15) is 0 Å². The van der Waals surface area contributed by atoms with Crippen molar-refractivity contribution in [3.05, 3.63) is 0 Å². The van der Waals surface area contributed by atoms with Crippen LogP contribution in [0.25, 0.3) is 0 Å². The summed E-state index contributed by atoms with van der Waals surface area (Å²) in [5, 5.41) is 0.454. The van der Waals surface area contributed by atoms with E-state index < -0.39 is 0 Å². The summed E-state index contributed by atoms with van der Waals surface area (Å²) in [4.78, 5) is 0. The maximum atomic E-state index is 4.25. The lowest BCUT2D eigenvalue weighted by Gasteiger charge is -2.02. The molecule has 0 aromatic carbocycles. The molecule has 0 heterocycles. The van der Waals surface area contributed by atoms with E-state index in [0.29, 0.717) is 5.25 Å². The maximum absolute atomic E-state index is 4.25. The minimum atomic E-state index is 0.454. The highest BCUT2D eigenvalue weighted by Gasteiger charge is 1.97. The molecule has 50 valence electrons. The summed E-state index contributed by atoms with van der Waals surface area (Å²) in [7, 11) is 3.61. The topological polar surface area (TPSA) is 0 Å². The fourth-order valence-corrected chi connectivity index (χ4v) is 2.34. The van der Waals surface area contributed by atoms with E-state index in [2.05, 4.69) is 31.5 Å². The fourth-order valence-electron chi connectivity index (χ4n) is 0.199. The number of thiol groups is 2. The van der Waals surface area contributed by atoms with Crippen molar-refractivity contribution >= 4 is 46.8 Å². The van der Waals surface area contributed by atoms with Crippen LogP contribution in [0.4, 0.5) is 0 Å². The van der Waals surface area contributed by atoms with Gasteiger partial charge in [-0.1, -0.05) is 21.6 Å². The zero-order valence-corrected chi connectivity index (χ0v) is 8.12. The van der Waals surface area contributed by atoms with Crippen molar-refractivity contribution in [2.45, 2.75) is 5.25 Å². The first-order valence-corrected chi connectivity index (χ1v) is 6.13. The van der Waals surface area contributed by atoms with Gasteiger partial charge in [-0.25, -0.2) is 0 Å². The van der Waals surface area contributed by atoms with Crippen LogP contribution in [0.5, 0.6) is 0 Å². The number of rotatable bonds is 4. The molecule has 0 radical (unpaired) electrons. The van der Waals surface area contributed by atoms with Crippen LogP contribution < -0.4 is 0 Å². The van der Waals surface area contributed by atoms with Gasteiger partial charge in [0.1, 0.15) is 0 Å². The van der Waals surface area contributed by atoms with E-state index in [1.165, 1.54) is 0 Å². The predicted molar refractivity (Wildman–Crippen MR) is 52.6 cm³/mol. The predicted octanol–water partition coefficient (Wildman–Crippen LogP) is 2.23. The first-order valence-electron chi connectivity index (χ1n) is 2.25. The Bertz CT molecular complexity index is 47.3. The Kier molecular flexibility index (Phi) is 7.66. The molecule has 0 aromatic heterocycles. The third-order valence-corrected chi connectivity index (χ3v) is 3.82. The van der Waals surface area contributed by atoms with Gasteiger partial charge in [0.25, 0.3) is 0 Å². The summed E-state index contributed by atoms with van der Waals surface area (Å²) in [6.45, 7) is 0. The zero-order valence-electron chi connectivity index (χ0n) is 4.70. The molecule has 0 N–H and O–H groups in total. The summed E-state index contributed by atoms with van der Waals surface area (Å²) in [6, 6.07) is 0. The van der Waals surface area contributed by atoms with Crippen LogP contribution in [-0.4, -0.2) is 23.0 Å². The lowest BCUT2D eigenvalue weighted by atomic mass is 10.6. The minimum absolute atomic E-state index is 0.454. The van der Waals surface area contributed by atoms with Gasteiger partial charge >= 0.3 is 0 Å². The molecule has 1 atom stereocenters. The molecular formula is C4H10S4. The zero-order chi connectivity index (χ0) is 6.41. The molecule has 0 spiro atoms. The highest BCUT2D eigenvalue weighted by Crippen LogP contribution is 2.19. The van der Waals surface area contributed by atoms with E-state index >= 15 is 0 Å². The third-order valence-electron chi connectivity index (χ3n) is 0.589. The molecular weight excluding hydrogens is 176 g/mol. The van der Waals surface area contributed by atoms with Crippen LogP contribution in [-0.2, 0) is 0 Å². The van der Waals surface area contributed by atoms with Crippen molar-refractivity contribution in [2.24, 2.45) is 0 Å². The Morgan fingerprint density at radius 3 is 2.62 bits per heavy atom. The molecule has 0 nitrogen and oxygen atoms in total. The maximum Gasteiger partial charge on any atom is 0.0204 e. The molecule has 0 aliphatic rings. The number of hydrogen-bond acceptors (Lipinski definition) is 4. The molecule has 0 saturated carbocycles. The van der Waals surface area contributed by atoms with Crippen molar-refractivity contribution in [1.29, 1.82) is 0 Å². The van der Waals surface area contributed by atoms with Gasteiger partial charge < -0.3 is 0 Å². The molecule has 0 aliphatic carbocycles. The summed E-state index contributed by atoms with van der Waals surface area (Å²) in [6.07, 6.45) is 2.07. The average Bonchev–Trinajstić information content (AvgIpc) is 1.83. The molecule has 0 aromatic rings. The monoisotopic (exact) mass is 186 g/mol. The van der Waals surface area contributed by atoms with Crippen molar-refractivity contribution in [3.63, 3.8) is 0 Å². The van der Waals surface area contributed by atoms with Crippen molar-refractivity contribution in [3.8, 4) is 0 Å². The lowest BCUT2D eigenvalue weighted by molar-refractivity contribution is 1.17. The van der Waals surface area contributed by atoms with Gasteiger partial charge in [-0.05, 0) is 6.26 Å². The summed E-state index contributed by atoms with van der Waals surface area (Å²) in [5.41, 5.74) is 0. The Labute approximate surface area is 69.8 Å². The van der Waals surface area contributed by atoms with Gasteiger partial charge in [0.05, 0.1) is 0 Å². The van der Waals surface area contributed by atoms with Crippen LogP contribution in [0.15, 0.2) is 0 Å². The second-order valence-corrected chi connectivity index (χ2v) is 4.99. The van der Waals surface area contributed by atoms with E-state index in [0.717, 1.165) is 11.5 Å². The van der Waals surface area contributed by atoms with Gasteiger partial charge in [-0.2, -0.15) is 25.3 Å². The molecule has 1 unspecified atom stereocenters. The van der Waals surface area contributed by atoms with Gasteiger partial charge in [0, 0.05) is 16.8 Å². The van der Waals surface area contributed by atoms with E-state index in [1.54, 1.807) is 10.8 Å². The quantitative estimate of drug-likeness (QED) is 0.510. The van der Waals surface area contributed by atoms with Crippen LogP contribution in [0, 0.1) is 0 Å². The van der Waals surface area contributed by atoms with E-state index in [1.807, 2.05) is 10.8 Å². The highest BCUT2D eigenvalue weighted by molar-refractivity contribution is 8.76.